The largest absolute Gasteiger partial charge is 0.374 e. The molecule has 1 heteroatoms. The van der Waals surface area contributed by atoms with Crippen molar-refractivity contribution in [2.24, 2.45) is 16.7 Å². The van der Waals surface area contributed by atoms with Crippen molar-refractivity contribution >= 4 is 0 Å². The lowest BCUT2D eigenvalue weighted by Gasteiger charge is -2.38. The van der Waals surface area contributed by atoms with Gasteiger partial charge >= 0.3 is 0 Å². The van der Waals surface area contributed by atoms with Crippen molar-refractivity contribution in [3.63, 3.8) is 0 Å². The van der Waals surface area contributed by atoms with E-state index in [0.29, 0.717) is 23.5 Å². The predicted molar refractivity (Wildman–Crippen MR) is 70.6 cm³/mol. The van der Waals surface area contributed by atoms with Crippen LogP contribution < -0.4 is 0 Å². The lowest BCUT2D eigenvalue weighted by molar-refractivity contribution is -0.0477. The Morgan fingerprint density at radius 3 is 1.88 bits per heavy atom. The molecule has 1 fully saturated rings. The fourth-order valence-electron chi connectivity index (χ4n) is 2.89. The highest BCUT2D eigenvalue weighted by Gasteiger charge is 2.46. The third kappa shape index (κ3) is 3.23. The quantitative estimate of drug-likeness (QED) is 0.666. The predicted octanol–water partition coefficient (Wildman–Crippen LogP) is 4.65. The molecule has 0 radical (unpaired) electrons. The minimum absolute atomic E-state index is 0.264. The molecule has 1 aliphatic rings. The van der Waals surface area contributed by atoms with Crippen molar-refractivity contribution in [3.8, 4) is 0 Å². The van der Waals surface area contributed by atoms with Gasteiger partial charge in [0, 0.05) is 0 Å². The van der Waals surface area contributed by atoms with Crippen molar-refractivity contribution < 1.29 is 4.74 Å². The zero-order valence-electron chi connectivity index (χ0n) is 12.3. The van der Waals surface area contributed by atoms with E-state index in [2.05, 4.69) is 48.5 Å². The Morgan fingerprint density at radius 2 is 1.56 bits per heavy atom. The van der Waals surface area contributed by atoms with Crippen molar-refractivity contribution in [3.05, 3.63) is 0 Å². The van der Waals surface area contributed by atoms with E-state index in [4.69, 9.17) is 4.74 Å². The van der Waals surface area contributed by atoms with E-state index >= 15 is 0 Å². The Hall–Kier alpha value is -0.0400. The van der Waals surface area contributed by atoms with Crippen molar-refractivity contribution in [1.82, 2.24) is 0 Å². The molecule has 1 nitrogen and oxygen atoms in total. The molecular weight excluding hydrogens is 196 g/mol. The van der Waals surface area contributed by atoms with Crippen LogP contribution in [0.2, 0.25) is 0 Å². The summed E-state index contributed by atoms with van der Waals surface area (Å²) in [4.78, 5) is 0. The maximum absolute atomic E-state index is 6.31. The van der Waals surface area contributed by atoms with Gasteiger partial charge in [0.25, 0.3) is 0 Å². The average Bonchev–Trinajstić information content (AvgIpc) is 2.47. The topological polar surface area (TPSA) is 9.23 Å². The molecule has 0 bridgehead atoms. The number of rotatable bonds is 2. The molecule has 1 rings (SSSR count). The van der Waals surface area contributed by atoms with E-state index in [-0.39, 0.29) is 5.41 Å². The summed E-state index contributed by atoms with van der Waals surface area (Å²) in [6, 6.07) is 0. The third-order valence-corrected chi connectivity index (χ3v) is 3.80. The standard InChI is InChI=1S/C15H30O/c1-8-9-11-10-12(14(2,3)4)13(16-11)15(5,6)7/h11-13H,8-10H2,1-7H3. The summed E-state index contributed by atoms with van der Waals surface area (Å²) in [5.74, 6) is 0.698. The Labute approximate surface area is 102 Å². The van der Waals surface area contributed by atoms with E-state index in [1.807, 2.05) is 0 Å². The molecule has 3 atom stereocenters. The fourth-order valence-corrected chi connectivity index (χ4v) is 2.89. The minimum Gasteiger partial charge on any atom is -0.374 e. The molecule has 16 heavy (non-hydrogen) atoms. The maximum atomic E-state index is 6.31. The lowest BCUT2D eigenvalue weighted by Crippen LogP contribution is -2.37. The summed E-state index contributed by atoms with van der Waals surface area (Å²) in [7, 11) is 0. The highest BCUT2D eigenvalue weighted by atomic mass is 16.5. The van der Waals surface area contributed by atoms with E-state index in [1.54, 1.807) is 0 Å². The molecule has 0 aromatic rings. The smallest absolute Gasteiger partial charge is 0.0661 e. The first-order chi connectivity index (χ1) is 7.16. The van der Waals surface area contributed by atoms with Crippen LogP contribution in [-0.4, -0.2) is 12.2 Å². The second kappa shape index (κ2) is 4.68. The first kappa shape index (κ1) is 14.0. The molecule has 0 spiro atoms. The molecule has 1 heterocycles. The third-order valence-electron chi connectivity index (χ3n) is 3.80. The first-order valence-corrected chi connectivity index (χ1v) is 6.81. The Bertz CT molecular complexity index is 197. The minimum atomic E-state index is 0.264. The van der Waals surface area contributed by atoms with Gasteiger partial charge in [0.1, 0.15) is 0 Å². The Kier molecular flexibility index (Phi) is 4.10. The van der Waals surface area contributed by atoms with Gasteiger partial charge in [-0.15, -0.1) is 0 Å². The molecule has 0 aliphatic carbocycles. The van der Waals surface area contributed by atoms with Crippen molar-refractivity contribution in [2.45, 2.75) is 79.9 Å². The molecule has 0 aromatic carbocycles. The summed E-state index contributed by atoms with van der Waals surface area (Å²) in [5.41, 5.74) is 0.626. The second-order valence-electron chi connectivity index (χ2n) is 7.54. The first-order valence-electron chi connectivity index (χ1n) is 6.81. The van der Waals surface area contributed by atoms with Gasteiger partial charge in [0.2, 0.25) is 0 Å². The zero-order valence-corrected chi connectivity index (χ0v) is 12.3. The van der Waals surface area contributed by atoms with E-state index < -0.39 is 0 Å². The molecule has 0 saturated carbocycles. The second-order valence-corrected chi connectivity index (χ2v) is 7.54. The maximum Gasteiger partial charge on any atom is 0.0661 e. The van der Waals surface area contributed by atoms with Gasteiger partial charge in [-0.2, -0.15) is 0 Å². The van der Waals surface area contributed by atoms with E-state index in [0.717, 1.165) is 0 Å². The monoisotopic (exact) mass is 226 g/mol. The summed E-state index contributed by atoms with van der Waals surface area (Å²) in [5, 5.41) is 0. The molecule has 3 unspecified atom stereocenters. The van der Waals surface area contributed by atoms with Crippen LogP contribution in [0.15, 0.2) is 0 Å². The van der Waals surface area contributed by atoms with Crippen LogP contribution in [0.1, 0.15) is 67.7 Å². The highest BCUT2D eigenvalue weighted by Crippen LogP contribution is 2.46. The molecule has 1 saturated heterocycles. The van der Waals surface area contributed by atoms with Gasteiger partial charge < -0.3 is 4.74 Å². The zero-order chi connectivity index (χ0) is 12.6. The van der Waals surface area contributed by atoms with E-state index in [1.165, 1.54) is 19.3 Å². The van der Waals surface area contributed by atoms with Crippen LogP contribution >= 0.6 is 0 Å². The van der Waals surface area contributed by atoms with Crippen LogP contribution in [0.25, 0.3) is 0 Å². The van der Waals surface area contributed by atoms with Gasteiger partial charge in [-0.05, 0) is 29.6 Å². The van der Waals surface area contributed by atoms with Crippen molar-refractivity contribution in [1.29, 1.82) is 0 Å². The molecule has 0 aromatic heterocycles. The molecule has 0 amide bonds. The fraction of sp³-hybridized carbons (Fsp3) is 1.00. The summed E-state index contributed by atoms with van der Waals surface area (Å²) in [6.45, 7) is 16.2. The Morgan fingerprint density at radius 1 is 1.00 bits per heavy atom. The summed E-state index contributed by atoms with van der Waals surface area (Å²) >= 11 is 0. The molecule has 1 aliphatic heterocycles. The van der Waals surface area contributed by atoms with E-state index in [9.17, 15) is 0 Å². The summed E-state index contributed by atoms with van der Waals surface area (Å²) < 4.78 is 6.31. The number of ether oxygens (including phenoxy) is 1. The lowest BCUT2D eigenvalue weighted by atomic mass is 9.69. The van der Waals surface area contributed by atoms with Crippen LogP contribution in [0, 0.1) is 16.7 Å². The van der Waals surface area contributed by atoms with Gasteiger partial charge in [0.15, 0.2) is 0 Å². The van der Waals surface area contributed by atoms with Gasteiger partial charge in [0.05, 0.1) is 12.2 Å². The van der Waals surface area contributed by atoms with Crippen LogP contribution in [0.5, 0.6) is 0 Å². The summed E-state index contributed by atoms with van der Waals surface area (Å²) in [6.07, 6.45) is 4.62. The molecular formula is C15H30O. The number of hydrogen-bond acceptors (Lipinski definition) is 1. The van der Waals surface area contributed by atoms with Gasteiger partial charge in [-0.25, -0.2) is 0 Å². The average molecular weight is 226 g/mol. The molecule has 0 N–H and O–H groups in total. The van der Waals surface area contributed by atoms with Crippen LogP contribution in [0.4, 0.5) is 0 Å². The van der Waals surface area contributed by atoms with Crippen molar-refractivity contribution in [2.75, 3.05) is 0 Å². The molecule has 96 valence electrons. The Balaban J connectivity index is 2.80. The normalized spacial score (nSPS) is 32.1. The highest BCUT2D eigenvalue weighted by molar-refractivity contribution is 4.94. The van der Waals surface area contributed by atoms with Crippen LogP contribution in [0.3, 0.4) is 0 Å². The number of hydrogen-bond donors (Lipinski definition) is 0. The van der Waals surface area contributed by atoms with Gasteiger partial charge in [-0.1, -0.05) is 54.9 Å². The SMILES string of the molecule is CCCC1CC(C(C)(C)C)C(C(C)(C)C)O1. The van der Waals surface area contributed by atoms with Crippen LogP contribution in [-0.2, 0) is 4.74 Å². The van der Waals surface area contributed by atoms with Gasteiger partial charge in [-0.3, -0.25) is 0 Å².